The van der Waals surface area contributed by atoms with Gasteiger partial charge in [-0.1, -0.05) is 0 Å². The average Bonchev–Trinajstić information content (AvgIpc) is 2.77. The number of rotatable bonds is 4. The fourth-order valence-electron chi connectivity index (χ4n) is 2.04. The van der Waals surface area contributed by atoms with Gasteiger partial charge in [-0.15, -0.1) is 0 Å². The molecule has 2 aromatic rings. The van der Waals surface area contributed by atoms with E-state index in [1.54, 1.807) is 16.9 Å². The van der Waals surface area contributed by atoms with E-state index >= 15 is 0 Å². The van der Waals surface area contributed by atoms with Crippen LogP contribution in [0, 0.1) is 0 Å². The molecule has 0 spiro atoms. The van der Waals surface area contributed by atoms with Gasteiger partial charge in [-0.05, 0) is 39.8 Å². The number of aromatic nitrogens is 3. The van der Waals surface area contributed by atoms with E-state index in [1.165, 1.54) is 12.2 Å². The average molecular weight is 288 g/mol. The first-order valence-electron chi connectivity index (χ1n) is 6.97. The Bertz CT molecular complexity index is 738. The summed E-state index contributed by atoms with van der Waals surface area (Å²) in [4.78, 5) is 26.4. The van der Waals surface area contributed by atoms with Crippen LogP contribution in [0.15, 0.2) is 23.1 Å². The Morgan fingerprint density at radius 3 is 2.71 bits per heavy atom. The van der Waals surface area contributed by atoms with E-state index < -0.39 is 0 Å². The van der Waals surface area contributed by atoms with Crippen LogP contribution < -0.4 is 10.9 Å². The summed E-state index contributed by atoms with van der Waals surface area (Å²) < 4.78 is 1.76. The standard InChI is InChI=1S/C15H20N4O2/c1-9(2)17-13(20)6-5-11-7-12-8-16-19(10(3)4)14(12)18-15(11)21/h5-10H,1-4H3,(H,17,20)(H,18,21)/b6-5+. The van der Waals surface area contributed by atoms with Crippen molar-refractivity contribution in [3.8, 4) is 0 Å². The number of H-pyrrole nitrogens is 1. The van der Waals surface area contributed by atoms with Crippen LogP contribution in [0.5, 0.6) is 0 Å². The number of carbonyl (C=O) groups is 1. The molecule has 2 N–H and O–H groups in total. The normalized spacial score (nSPS) is 11.9. The molecule has 0 radical (unpaired) electrons. The second-order valence-electron chi connectivity index (χ2n) is 5.54. The maximum Gasteiger partial charge on any atom is 0.256 e. The summed E-state index contributed by atoms with van der Waals surface area (Å²) in [7, 11) is 0. The molecule has 0 saturated heterocycles. The van der Waals surface area contributed by atoms with Gasteiger partial charge >= 0.3 is 0 Å². The lowest BCUT2D eigenvalue weighted by atomic mass is 10.2. The first-order valence-corrected chi connectivity index (χ1v) is 6.97. The molecule has 112 valence electrons. The number of fused-ring (bicyclic) bond motifs is 1. The Labute approximate surface area is 122 Å². The van der Waals surface area contributed by atoms with Crippen LogP contribution >= 0.6 is 0 Å². The molecule has 1 amide bonds. The predicted octanol–water partition coefficient (Wildman–Crippen LogP) is 1.84. The lowest BCUT2D eigenvalue weighted by molar-refractivity contribution is -0.116. The van der Waals surface area contributed by atoms with Gasteiger partial charge in [-0.25, -0.2) is 4.68 Å². The third kappa shape index (κ3) is 3.39. The Hall–Kier alpha value is -2.37. The number of hydrogen-bond donors (Lipinski definition) is 2. The highest BCUT2D eigenvalue weighted by molar-refractivity contribution is 5.92. The summed E-state index contributed by atoms with van der Waals surface area (Å²) in [6.45, 7) is 7.75. The van der Waals surface area contributed by atoms with Crippen molar-refractivity contribution in [1.82, 2.24) is 20.1 Å². The van der Waals surface area contributed by atoms with Crippen LogP contribution in [0.3, 0.4) is 0 Å². The van der Waals surface area contributed by atoms with Crippen LogP contribution in [0.1, 0.15) is 39.3 Å². The molecule has 2 aromatic heterocycles. The molecule has 2 heterocycles. The van der Waals surface area contributed by atoms with E-state index in [2.05, 4.69) is 15.4 Å². The summed E-state index contributed by atoms with van der Waals surface area (Å²) >= 11 is 0. The molecule has 0 saturated carbocycles. The van der Waals surface area contributed by atoms with Crippen LogP contribution in [0.4, 0.5) is 0 Å². The van der Waals surface area contributed by atoms with Crippen molar-refractivity contribution in [2.24, 2.45) is 0 Å². The number of hydrogen-bond acceptors (Lipinski definition) is 3. The summed E-state index contributed by atoms with van der Waals surface area (Å²) in [6, 6.07) is 1.96. The molecule has 0 fully saturated rings. The fraction of sp³-hybridized carbons (Fsp3) is 0.400. The molecule has 6 nitrogen and oxygen atoms in total. The topological polar surface area (TPSA) is 79.8 Å². The molecule has 0 bridgehead atoms. The monoisotopic (exact) mass is 288 g/mol. The highest BCUT2D eigenvalue weighted by Crippen LogP contribution is 2.15. The SMILES string of the molecule is CC(C)NC(=O)/C=C/c1cc2cnn(C(C)C)c2[nH]c1=O. The van der Waals surface area contributed by atoms with E-state index in [-0.39, 0.29) is 23.6 Å². The highest BCUT2D eigenvalue weighted by Gasteiger charge is 2.09. The van der Waals surface area contributed by atoms with Gasteiger partial charge in [0.15, 0.2) is 0 Å². The zero-order chi connectivity index (χ0) is 15.6. The van der Waals surface area contributed by atoms with Gasteiger partial charge < -0.3 is 10.3 Å². The van der Waals surface area contributed by atoms with Gasteiger partial charge in [-0.3, -0.25) is 9.59 Å². The predicted molar refractivity (Wildman–Crippen MR) is 83.1 cm³/mol. The molecule has 0 aliphatic rings. The van der Waals surface area contributed by atoms with E-state index in [1.807, 2.05) is 27.7 Å². The van der Waals surface area contributed by atoms with Crippen LogP contribution in [0.25, 0.3) is 17.1 Å². The maximum atomic E-state index is 12.1. The Kier molecular flexibility index (Phi) is 4.26. The Balaban J connectivity index is 2.34. The first kappa shape index (κ1) is 15.0. The van der Waals surface area contributed by atoms with Crippen molar-refractivity contribution in [2.75, 3.05) is 0 Å². The van der Waals surface area contributed by atoms with Crippen molar-refractivity contribution in [3.05, 3.63) is 34.3 Å². The Morgan fingerprint density at radius 2 is 2.10 bits per heavy atom. The summed E-state index contributed by atoms with van der Waals surface area (Å²) in [6.07, 6.45) is 4.59. The van der Waals surface area contributed by atoms with Gasteiger partial charge in [0.1, 0.15) is 5.65 Å². The molecule has 6 heteroatoms. The largest absolute Gasteiger partial charge is 0.350 e. The molecule has 2 rings (SSSR count). The molecule has 0 aliphatic heterocycles. The summed E-state index contributed by atoms with van der Waals surface area (Å²) in [5, 5.41) is 7.83. The third-order valence-electron chi connectivity index (χ3n) is 2.96. The van der Waals surface area contributed by atoms with Crippen molar-refractivity contribution in [1.29, 1.82) is 0 Å². The molecular formula is C15H20N4O2. The van der Waals surface area contributed by atoms with Gasteiger partial charge in [0.2, 0.25) is 5.91 Å². The molecule has 0 unspecified atom stereocenters. The van der Waals surface area contributed by atoms with Gasteiger partial charge in [-0.2, -0.15) is 5.10 Å². The minimum Gasteiger partial charge on any atom is -0.350 e. The number of aromatic amines is 1. The number of pyridine rings is 1. The van der Waals surface area contributed by atoms with E-state index in [0.717, 1.165) is 5.39 Å². The Morgan fingerprint density at radius 1 is 1.38 bits per heavy atom. The number of nitrogens with one attached hydrogen (secondary N) is 2. The third-order valence-corrected chi connectivity index (χ3v) is 2.96. The van der Waals surface area contributed by atoms with E-state index in [4.69, 9.17) is 0 Å². The lowest BCUT2D eigenvalue weighted by Gasteiger charge is -2.06. The molecule has 0 aromatic carbocycles. The number of carbonyl (C=O) groups excluding carboxylic acids is 1. The fourth-order valence-corrected chi connectivity index (χ4v) is 2.04. The maximum absolute atomic E-state index is 12.1. The zero-order valence-electron chi connectivity index (χ0n) is 12.7. The van der Waals surface area contributed by atoms with E-state index in [9.17, 15) is 9.59 Å². The van der Waals surface area contributed by atoms with Crippen molar-refractivity contribution in [2.45, 2.75) is 39.8 Å². The van der Waals surface area contributed by atoms with Crippen LogP contribution in [-0.2, 0) is 4.79 Å². The zero-order valence-corrected chi connectivity index (χ0v) is 12.7. The number of amides is 1. The lowest BCUT2D eigenvalue weighted by Crippen LogP contribution is -2.28. The van der Waals surface area contributed by atoms with Crippen molar-refractivity contribution in [3.63, 3.8) is 0 Å². The van der Waals surface area contributed by atoms with E-state index in [0.29, 0.717) is 11.2 Å². The molecule has 0 aliphatic carbocycles. The summed E-state index contributed by atoms with van der Waals surface area (Å²) in [5.74, 6) is -0.220. The van der Waals surface area contributed by atoms with Crippen LogP contribution in [-0.4, -0.2) is 26.7 Å². The van der Waals surface area contributed by atoms with Crippen molar-refractivity contribution >= 4 is 23.0 Å². The highest BCUT2D eigenvalue weighted by atomic mass is 16.1. The summed E-state index contributed by atoms with van der Waals surface area (Å²) in [5.41, 5.74) is 0.891. The van der Waals surface area contributed by atoms with Gasteiger partial charge in [0, 0.05) is 29.1 Å². The second-order valence-corrected chi connectivity index (χ2v) is 5.54. The minimum absolute atomic E-state index is 0.0622. The smallest absolute Gasteiger partial charge is 0.256 e. The molecule has 0 atom stereocenters. The minimum atomic E-state index is -0.238. The molecular weight excluding hydrogens is 268 g/mol. The van der Waals surface area contributed by atoms with Crippen LogP contribution in [0.2, 0.25) is 0 Å². The van der Waals surface area contributed by atoms with Crippen molar-refractivity contribution < 1.29 is 4.79 Å². The number of nitrogens with zero attached hydrogens (tertiary/aromatic N) is 2. The first-order chi connectivity index (χ1) is 9.88. The second kappa shape index (κ2) is 5.95. The van der Waals surface area contributed by atoms with Gasteiger partial charge in [0.05, 0.1) is 6.20 Å². The quantitative estimate of drug-likeness (QED) is 0.842. The molecule has 21 heavy (non-hydrogen) atoms. The van der Waals surface area contributed by atoms with Gasteiger partial charge in [0.25, 0.3) is 5.56 Å².